The van der Waals surface area contributed by atoms with Crippen LogP contribution in [0, 0.1) is 0 Å². The van der Waals surface area contributed by atoms with Gasteiger partial charge in [0.25, 0.3) is 0 Å². The van der Waals surface area contributed by atoms with Gasteiger partial charge in [-0.05, 0) is 13.3 Å². The summed E-state index contributed by atoms with van der Waals surface area (Å²) in [6.45, 7) is 5.56. The van der Waals surface area contributed by atoms with E-state index in [0.717, 1.165) is 30.0 Å². The predicted molar refractivity (Wildman–Crippen MR) is 80.5 cm³/mol. The number of aromatic nitrogens is 4. The van der Waals surface area contributed by atoms with Gasteiger partial charge < -0.3 is 16.4 Å². The summed E-state index contributed by atoms with van der Waals surface area (Å²) in [6, 6.07) is 1.85. The fourth-order valence-electron chi connectivity index (χ4n) is 2.04. The van der Waals surface area contributed by atoms with Gasteiger partial charge in [0.2, 0.25) is 5.95 Å². The number of hydrogen-bond donors (Lipinski definition) is 3. The normalized spacial score (nSPS) is 10.6. The zero-order chi connectivity index (χ0) is 14.5. The van der Waals surface area contributed by atoms with E-state index in [2.05, 4.69) is 32.6 Å². The Balaban J connectivity index is 2.10. The van der Waals surface area contributed by atoms with Crippen LogP contribution in [0.5, 0.6) is 0 Å². The summed E-state index contributed by atoms with van der Waals surface area (Å²) in [5.74, 6) is 1.69. The van der Waals surface area contributed by atoms with Crippen LogP contribution in [0.1, 0.15) is 25.1 Å². The highest BCUT2D eigenvalue weighted by Crippen LogP contribution is 2.14. The van der Waals surface area contributed by atoms with E-state index >= 15 is 0 Å². The summed E-state index contributed by atoms with van der Waals surface area (Å²) in [7, 11) is 1.93. The van der Waals surface area contributed by atoms with Crippen molar-refractivity contribution in [1.29, 1.82) is 0 Å². The number of hydrogen-bond acceptors (Lipinski definition) is 6. The average molecular weight is 275 g/mol. The molecule has 2 rings (SSSR count). The maximum atomic E-state index is 5.70. The second-order valence-electron chi connectivity index (χ2n) is 4.51. The van der Waals surface area contributed by atoms with E-state index in [1.807, 2.05) is 30.9 Å². The molecule has 7 heteroatoms. The lowest BCUT2D eigenvalue weighted by molar-refractivity contribution is 0.746. The van der Waals surface area contributed by atoms with Crippen molar-refractivity contribution in [3.05, 3.63) is 23.5 Å². The Kier molecular flexibility index (Phi) is 4.39. The highest BCUT2D eigenvalue weighted by atomic mass is 15.3. The largest absolute Gasteiger partial charge is 0.370 e. The van der Waals surface area contributed by atoms with Gasteiger partial charge in [-0.25, -0.2) is 0 Å². The minimum Gasteiger partial charge on any atom is -0.370 e. The van der Waals surface area contributed by atoms with Gasteiger partial charge in [-0.1, -0.05) is 6.92 Å². The zero-order valence-electron chi connectivity index (χ0n) is 12.1. The Labute approximate surface area is 118 Å². The van der Waals surface area contributed by atoms with E-state index in [4.69, 9.17) is 5.73 Å². The number of nitrogens with two attached hydrogens (primary N) is 1. The second-order valence-corrected chi connectivity index (χ2v) is 4.51. The summed E-state index contributed by atoms with van der Waals surface area (Å²) in [5.41, 5.74) is 7.96. The third-order valence-electron chi connectivity index (χ3n) is 2.89. The quantitative estimate of drug-likeness (QED) is 0.738. The average Bonchev–Trinajstić information content (AvgIpc) is 2.76. The third kappa shape index (κ3) is 3.37. The molecule has 0 aliphatic heterocycles. The van der Waals surface area contributed by atoms with Crippen molar-refractivity contribution in [2.75, 3.05) is 22.9 Å². The molecule has 2 aromatic rings. The number of nitrogens with one attached hydrogen (secondary N) is 2. The van der Waals surface area contributed by atoms with Crippen LogP contribution in [-0.2, 0) is 20.0 Å². The van der Waals surface area contributed by atoms with Gasteiger partial charge in [0.05, 0.1) is 5.69 Å². The van der Waals surface area contributed by atoms with Crippen LogP contribution in [0.2, 0.25) is 0 Å². The van der Waals surface area contributed by atoms with E-state index in [0.29, 0.717) is 12.4 Å². The number of nitrogen functional groups attached to an aromatic ring is 1. The van der Waals surface area contributed by atoms with Gasteiger partial charge in [-0.3, -0.25) is 4.68 Å². The van der Waals surface area contributed by atoms with E-state index in [-0.39, 0.29) is 5.95 Å². The van der Waals surface area contributed by atoms with Crippen molar-refractivity contribution in [2.45, 2.75) is 26.8 Å². The Hall–Kier alpha value is -2.31. The van der Waals surface area contributed by atoms with Gasteiger partial charge in [-0.15, -0.1) is 0 Å². The molecule has 0 bridgehead atoms. The highest BCUT2D eigenvalue weighted by Gasteiger charge is 2.07. The molecule has 2 heterocycles. The maximum absolute atomic E-state index is 5.70. The fourth-order valence-corrected chi connectivity index (χ4v) is 2.04. The third-order valence-corrected chi connectivity index (χ3v) is 2.89. The Morgan fingerprint density at radius 3 is 2.55 bits per heavy atom. The molecule has 0 unspecified atom stereocenters. The Morgan fingerprint density at radius 2 is 1.90 bits per heavy atom. The molecule has 0 radical (unpaired) electrons. The van der Waals surface area contributed by atoms with Crippen LogP contribution in [0.4, 0.5) is 17.6 Å². The lowest BCUT2D eigenvalue weighted by Gasteiger charge is -2.08. The molecule has 0 amide bonds. The van der Waals surface area contributed by atoms with Crippen molar-refractivity contribution in [1.82, 2.24) is 19.7 Å². The van der Waals surface area contributed by atoms with E-state index in [1.165, 1.54) is 0 Å². The molecule has 0 aliphatic carbocycles. The van der Waals surface area contributed by atoms with Crippen molar-refractivity contribution in [3.63, 3.8) is 0 Å². The van der Waals surface area contributed by atoms with Crippen LogP contribution in [0.25, 0.3) is 0 Å². The van der Waals surface area contributed by atoms with Gasteiger partial charge in [0.15, 0.2) is 0 Å². The minimum atomic E-state index is 0.257. The molecule has 20 heavy (non-hydrogen) atoms. The number of aryl methyl sites for hydroxylation is 2. The smallest absolute Gasteiger partial charge is 0.223 e. The molecule has 0 atom stereocenters. The molecule has 7 nitrogen and oxygen atoms in total. The van der Waals surface area contributed by atoms with Gasteiger partial charge >= 0.3 is 0 Å². The molecule has 0 aromatic carbocycles. The second kappa shape index (κ2) is 6.23. The molecule has 108 valence electrons. The number of nitrogens with zero attached hydrogens (tertiary/aromatic N) is 4. The van der Waals surface area contributed by atoms with Crippen LogP contribution >= 0.6 is 0 Å². The van der Waals surface area contributed by atoms with Gasteiger partial charge in [-0.2, -0.15) is 15.1 Å². The predicted octanol–water partition coefficient (Wildman–Crippen LogP) is 1.40. The first-order chi connectivity index (χ1) is 9.62. The van der Waals surface area contributed by atoms with Gasteiger partial charge in [0, 0.05) is 38.0 Å². The van der Waals surface area contributed by atoms with Crippen molar-refractivity contribution in [2.24, 2.45) is 7.05 Å². The summed E-state index contributed by atoms with van der Waals surface area (Å²) in [5, 5.41) is 10.8. The minimum absolute atomic E-state index is 0.257. The highest BCUT2D eigenvalue weighted by molar-refractivity contribution is 5.51. The topological polar surface area (TPSA) is 93.7 Å². The van der Waals surface area contributed by atoms with Crippen molar-refractivity contribution >= 4 is 17.6 Å². The summed E-state index contributed by atoms with van der Waals surface area (Å²) in [6.07, 6.45) is 2.92. The van der Waals surface area contributed by atoms with Crippen LogP contribution in [0.3, 0.4) is 0 Å². The first kappa shape index (κ1) is 14.1. The van der Waals surface area contributed by atoms with Crippen LogP contribution < -0.4 is 16.4 Å². The molecular weight excluding hydrogens is 254 g/mol. The fraction of sp³-hybridized carbons (Fsp3) is 0.462. The molecule has 0 spiro atoms. The Morgan fingerprint density at radius 1 is 1.20 bits per heavy atom. The standard InChI is InChI=1S/C13H21N7/c1-4-10-9(8-20(3)19-10)7-16-12-6-11(15-5-2)17-13(14)18-12/h6,8H,4-5,7H2,1-3H3,(H4,14,15,16,17,18). The monoisotopic (exact) mass is 275 g/mol. The molecule has 4 N–H and O–H groups in total. The van der Waals surface area contributed by atoms with E-state index < -0.39 is 0 Å². The summed E-state index contributed by atoms with van der Waals surface area (Å²) < 4.78 is 1.83. The lowest BCUT2D eigenvalue weighted by Crippen LogP contribution is -2.08. The summed E-state index contributed by atoms with van der Waals surface area (Å²) >= 11 is 0. The maximum Gasteiger partial charge on any atom is 0.223 e. The first-order valence-corrected chi connectivity index (χ1v) is 6.76. The van der Waals surface area contributed by atoms with E-state index in [9.17, 15) is 0 Å². The van der Waals surface area contributed by atoms with Crippen molar-refractivity contribution < 1.29 is 0 Å². The Bertz CT molecular complexity index is 576. The van der Waals surface area contributed by atoms with E-state index in [1.54, 1.807) is 0 Å². The first-order valence-electron chi connectivity index (χ1n) is 6.76. The molecule has 0 aliphatic rings. The zero-order valence-corrected chi connectivity index (χ0v) is 12.1. The van der Waals surface area contributed by atoms with Crippen LogP contribution in [-0.4, -0.2) is 26.3 Å². The lowest BCUT2D eigenvalue weighted by atomic mass is 10.2. The van der Waals surface area contributed by atoms with Crippen molar-refractivity contribution in [3.8, 4) is 0 Å². The molecule has 0 fully saturated rings. The number of anilines is 3. The summed E-state index contributed by atoms with van der Waals surface area (Å²) in [4.78, 5) is 8.30. The number of rotatable bonds is 6. The molecule has 0 saturated carbocycles. The SMILES string of the molecule is CCNc1cc(NCc2cn(C)nc2CC)nc(N)n1. The van der Waals surface area contributed by atoms with Crippen LogP contribution in [0.15, 0.2) is 12.3 Å². The molecular formula is C13H21N7. The molecule has 2 aromatic heterocycles. The van der Waals surface area contributed by atoms with Gasteiger partial charge in [0.1, 0.15) is 11.6 Å². The molecule has 0 saturated heterocycles.